The fourth-order valence-corrected chi connectivity index (χ4v) is 4.95. The van der Waals surface area contributed by atoms with E-state index in [4.69, 9.17) is 28.4 Å². The van der Waals surface area contributed by atoms with Crippen LogP contribution < -0.4 is 29.6 Å². The van der Waals surface area contributed by atoms with Gasteiger partial charge in [0.15, 0.2) is 11.3 Å². The van der Waals surface area contributed by atoms with E-state index < -0.39 is 11.9 Å². The number of esters is 2. The molecule has 0 aliphatic carbocycles. The molecule has 0 fully saturated rings. The number of nitrogens with zero attached hydrogens (tertiary/aromatic N) is 6. The van der Waals surface area contributed by atoms with Crippen LogP contribution in [0.25, 0.3) is 22.3 Å². The Kier molecular flexibility index (Phi) is 23.4. The average Bonchev–Trinajstić information content (AvgIpc) is 3.19. The molecule has 0 aliphatic heterocycles. The highest BCUT2D eigenvalue weighted by Crippen LogP contribution is 2.31. The average molecular weight is 882 g/mol. The van der Waals surface area contributed by atoms with Crippen molar-refractivity contribution in [3.8, 4) is 23.3 Å². The standard InChI is InChI=1S/2C19H20N4O4.3ClH.2H2O/c2*1-4-26-15-11-20-17-16(22-12-6-8-13(25-3)9-7-12)14(19(24)27-5-2)10-21-18(17)23-15;;;;;/h2*6-11H,4-5H2,1-3H3,(H,21,22,23);3*1H;2*1H2. The maximum atomic E-state index is 12.4. The molecule has 0 atom stereocenters. The number of methoxy groups -OCH3 is 2. The minimum Gasteiger partial charge on any atom is -0.497 e. The molecule has 6 aromatic rings. The molecule has 0 amide bonds. The Hall–Kier alpha value is -6.05. The Morgan fingerprint density at radius 3 is 1.19 bits per heavy atom. The van der Waals surface area contributed by atoms with Crippen LogP contribution in [0, 0.1) is 0 Å². The van der Waals surface area contributed by atoms with Gasteiger partial charge in [-0.1, -0.05) is 0 Å². The summed E-state index contributed by atoms with van der Waals surface area (Å²) in [6.45, 7) is 8.67. The van der Waals surface area contributed by atoms with Gasteiger partial charge in [-0.3, -0.25) is 0 Å². The lowest BCUT2D eigenvalue weighted by atomic mass is 10.2. The number of nitrogens with one attached hydrogen (secondary N) is 2. The van der Waals surface area contributed by atoms with Crippen LogP contribution in [0.4, 0.5) is 22.7 Å². The molecule has 4 aromatic heterocycles. The third-order valence-corrected chi connectivity index (χ3v) is 7.40. The van der Waals surface area contributed by atoms with E-state index >= 15 is 0 Å². The van der Waals surface area contributed by atoms with Crippen molar-refractivity contribution in [3.05, 3.63) is 84.4 Å². The minimum atomic E-state index is -0.487. The van der Waals surface area contributed by atoms with Crippen molar-refractivity contribution < 1.29 is 49.0 Å². The minimum absolute atomic E-state index is 0. The Bertz CT molecular complexity index is 2070. The highest BCUT2D eigenvalue weighted by Gasteiger charge is 2.21. The number of halogens is 3. The molecule has 0 saturated heterocycles. The number of rotatable bonds is 14. The number of ether oxygens (including phenoxy) is 6. The van der Waals surface area contributed by atoms with Crippen LogP contribution >= 0.6 is 37.2 Å². The summed E-state index contributed by atoms with van der Waals surface area (Å²) in [5, 5.41) is 6.44. The number of fused-ring (bicyclic) bond motifs is 2. The maximum absolute atomic E-state index is 12.4. The molecular formula is C38H47Cl3N8O10. The van der Waals surface area contributed by atoms with Gasteiger partial charge in [-0.2, -0.15) is 9.97 Å². The van der Waals surface area contributed by atoms with Gasteiger partial charge in [0.05, 0.1) is 64.4 Å². The largest absolute Gasteiger partial charge is 0.497 e. The predicted molar refractivity (Wildman–Crippen MR) is 230 cm³/mol. The number of benzene rings is 2. The van der Waals surface area contributed by atoms with E-state index in [0.717, 1.165) is 22.9 Å². The first kappa shape index (κ1) is 53.0. The van der Waals surface area contributed by atoms with E-state index in [1.54, 1.807) is 28.1 Å². The van der Waals surface area contributed by atoms with E-state index in [2.05, 4.69) is 40.5 Å². The zero-order chi connectivity index (χ0) is 38.5. The van der Waals surface area contributed by atoms with Crippen LogP contribution in [-0.2, 0) is 9.47 Å². The molecule has 21 heteroatoms. The summed E-state index contributed by atoms with van der Waals surface area (Å²) >= 11 is 0. The van der Waals surface area contributed by atoms with Gasteiger partial charge in [-0.15, -0.1) is 37.2 Å². The highest BCUT2D eigenvalue weighted by atomic mass is 35.5. The van der Waals surface area contributed by atoms with E-state index in [1.165, 1.54) is 24.8 Å². The van der Waals surface area contributed by atoms with Crippen molar-refractivity contribution >= 4 is 94.2 Å². The number of aromatic nitrogens is 6. The third-order valence-electron chi connectivity index (χ3n) is 7.40. The number of carbonyl (C=O) groups is 2. The van der Waals surface area contributed by atoms with Crippen molar-refractivity contribution in [2.45, 2.75) is 27.7 Å². The predicted octanol–water partition coefficient (Wildman–Crippen LogP) is 6.32. The van der Waals surface area contributed by atoms with Gasteiger partial charge in [-0.05, 0) is 76.2 Å². The van der Waals surface area contributed by atoms with Crippen molar-refractivity contribution in [2.75, 3.05) is 51.3 Å². The SMILES string of the molecule is CCOC(=O)c1cnc2nc(OCC)cnc2c1Nc1ccc(OC)cc1.CCOC(=O)c1cnc2nc(OCC)cnc2c1Nc1ccc(OC)cc1.Cl.Cl.Cl.O.O. The summed E-state index contributed by atoms with van der Waals surface area (Å²) in [4.78, 5) is 50.7. The lowest BCUT2D eigenvalue weighted by Gasteiger charge is -2.14. The zero-order valence-corrected chi connectivity index (χ0v) is 35.4. The third kappa shape index (κ3) is 13.5. The number of hydrogen-bond donors (Lipinski definition) is 2. The van der Waals surface area contributed by atoms with E-state index in [-0.39, 0.29) is 72.5 Å². The molecule has 4 heterocycles. The second-order valence-corrected chi connectivity index (χ2v) is 10.9. The summed E-state index contributed by atoms with van der Waals surface area (Å²) in [6, 6.07) is 14.6. The van der Waals surface area contributed by atoms with Crippen LogP contribution in [0.1, 0.15) is 48.4 Å². The fourth-order valence-electron chi connectivity index (χ4n) is 4.95. The second kappa shape index (κ2) is 26.1. The number of anilines is 4. The van der Waals surface area contributed by atoms with Gasteiger partial charge in [0.2, 0.25) is 11.8 Å². The summed E-state index contributed by atoms with van der Waals surface area (Å²) in [7, 11) is 3.20. The lowest BCUT2D eigenvalue weighted by Crippen LogP contribution is -2.10. The summed E-state index contributed by atoms with van der Waals surface area (Å²) in [5.74, 6) is 1.23. The molecule has 0 saturated carbocycles. The number of hydrogen-bond acceptors (Lipinski definition) is 16. The highest BCUT2D eigenvalue weighted by molar-refractivity contribution is 6.05. The Labute approximate surface area is 358 Å². The van der Waals surface area contributed by atoms with Gasteiger partial charge < -0.3 is 50.0 Å². The van der Waals surface area contributed by atoms with Crippen molar-refractivity contribution in [2.24, 2.45) is 0 Å². The molecule has 320 valence electrons. The smallest absolute Gasteiger partial charge is 0.341 e. The van der Waals surface area contributed by atoms with Gasteiger partial charge in [0, 0.05) is 23.8 Å². The summed E-state index contributed by atoms with van der Waals surface area (Å²) < 4.78 is 31.4. The lowest BCUT2D eigenvalue weighted by molar-refractivity contribution is 0.0517. The molecule has 6 rings (SSSR count). The topological polar surface area (TPSA) is 254 Å². The maximum Gasteiger partial charge on any atom is 0.341 e. The molecule has 0 unspecified atom stereocenters. The van der Waals surface area contributed by atoms with Crippen molar-refractivity contribution in [3.63, 3.8) is 0 Å². The van der Waals surface area contributed by atoms with Gasteiger partial charge >= 0.3 is 11.9 Å². The van der Waals surface area contributed by atoms with Crippen molar-refractivity contribution in [1.82, 2.24) is 29.9 Å². The van der Waals surface area contributed by atoms with Crippen LogP contribution in [0.3, 0.4) is 0 Å². The Morgan fingerprint density at radius 2 is 0.881 bits per heavy atom. The summed E-state index contributed by atoms with van der Waals surface area (Å²) in [6.07, 6.45) is 5.86. The van der Waals surface area contributed by atoms with Crippen LogP contribution in [0.2, 0.25) is 0 Å². The monoisotopic (exact) mass is 880 g/mol. The van der Waals surface area contributed by atoms with Crippen LogP contribution in [0.5, 0.6) is 23.3 Å². The molecule has 0 bridgehead atoms. The molecule has 0 aliphatic rings. The van der Waals surface area contributed by atoms with Crippen LogP contribution in [-0.4, -0.2) is 93.4 Å². The fraction of sp³-hybridized carbons (Fsp3) is 0.263. The van der Waals surface area contributed by atoms with E-state index in [0.29, 0.717) is 58.7 Å². The second-order valence-electron chi connectivity index (χ2n) is 10.9. The van der Waals surface area contributed by atoms with E-state index in [1.807, 2.05) is 62.4 Å². The molecule has 59 heavy (non-hydrogen) atoms. The first-order valence-electron chi connectivity index (χ1n) is 17.1. The van der Waals surface area contributed by atoms with Crippen LogP contribution in [0.15, 0.2) is 73.3 Å². The molecule has 0 spiro atoms. The van der Waals surface area contributed by atoms with Gasteiger partial charge in [0.25, 0.3) is 0 Å². The molecule has 0 radical (unpaired) electrons. The molecule has 6 N–H and O–H groups in total. The van der Waals surface area contributed by atoms with Crippen molar-refractivity contribution in [1.29, 1.82) is 0 Å². The number of pyridine rings is 2. The van der Waals surface area contributed by atoms with E-state index in [9.17, 15) is 9.59 Å². The summed E-state index contributed by atoms with van der Waals surface area (Å²) in [5.41, 5.74) is 4.62. The first-order chi connectivity index (χ1) is 26.3. The molecule has 2 aromatic carbocycles. The first-order valence-corrected chi connectivity index (χ1v) is 17.1. The number of carbonyl (C=O) groups excluding carboxylic acids is 2. The quantitative estimate of drug-likeness (QED) is 0.113. The Morgan fingerprint density at radius 1 is 0.525 bits per heavy atom. The van der Waals surface area contributed by atoms with Gasteiger partial charge in [-0.25, -0.2) is 29.5 Å². The zero-order valence-electron chi connectivity index (χ0n) is 32.9. The normalized spacial score (nSPS) is 9.59. The van der Waals surface area contributed by atoms with Gasteiger partial charge in [0.1, 0.15) is 33.7 Å². The Balaban J connectivity index is 0.00000105. The molecule has 18 nitrogen and oxygen atoms in total. The molecular weight excluding hydrogens is 835 g/mol.